The molecule has 1 atom stereocenters. The Kier molecular flexibility index (Phi) is 8.41. The fourth-order valence-corrected chi connectivity index (χ4v) is 3.68. The lowest BCUT2D eigenvalue weighted by Gasteiger charge is -2.13. The minimum Gasteiger partial charge on any atom is -0.353 e. The zero-order valence-corrected chi connectivity index (χ0v) is 16.8. The molecule has 4 nitrogen and oxygen atoms in total. The Bertz CT molecular complexity index is 658. The Hall–Kier alpha value is -1.40. The Morgan fingerprint density at radius 1 is 1.28 bits per heavy atom. The smallest absolute Gasteiger partial charge is 0.230 e. The Balaban J connectivity index is 1.71. The van der Waals surface area contributed by atoms with E-state index in [0.717, 1.165) is 41.6 Å². The van der Waals surface area contributed by atoms with Gasteiger partial charge in [0.2, 0.25) is 5.91 Å². The highest BCUT2D eigenvalue weighted by molar-refractivity contribution is 7.99. The molecule has 6 heteroatoms. The van der Waals surface area contributed by atoms with Gasteiger partial charge in [-0.05, 0) is 44.3 Å². The first-order valence-electron chi connectivity index (χ1n) is 8.59. The molecular formula is C19H27N3OS2. The molecule has 0 bridgehead atoms. The summed E-state index contributed by atoms with van der Waals surface area (Å²) in [5.41, 5.74) is 3.52. The lowest BCUT2D eigenvalue weighted by atomic mass is 10.1. The van der Waals surface area contributed by atoms with Crippen LogP contribution in [0.2, 0.25) is 0 Å². The number of H-pyrrole nitrogens is 1. The summed E-state index contributed by atoms with van der Waals surface area (Å²) in [4.78, 5) is 20.0. The molecule has 0 aliphatic heterocycles. The van der Waals surface area contributed by atoms with E-state index in [1.165, 1.54) is 17.3 Å². The standard InChI is InChI=1S/C19H27N3OS2/c1-14(9-10-16-7-5-4-6-8-16)20-18(23)13-25-19-21-15(2)17(22-19)11-12-24-3/h4-8,14H,9-13H2,1-3H3,(H,20,23)(H,21,22)/t14-/m0/s1. The number of imidazole rings is 1. The van der Waals surface area contributed by atoms with E-state index in [9.17, 15) is 4.79 Å². The van der Waals surface area contributed by atoms with E-state index in [0.29, 0.717) is 5.75 Å². The van der Waals surface area contributed by atoms with Crippen molar-refractivity contribution in [1.29, 1.82) is 0 Å². The maximum atomic E-state index is 12.1. The topological polar surface area (TPSA) is 57.8 Å². The third kappa shape index (κ3) is 7.16. The lowest BCUT2D eigenvalue weighted by molar-refractivity contribution is -0.119. The molecular weight excluding hydrogens is 350 g/mol. The van der Waals surface area contributed by atoms with Crippen molar-refractivity contribution in [3.8, 4) is 0 Å². The van der Waals surface area contributed by atoms with Gasteiger partial charge in [-0.2, -0.15) is 11.8 Å². The highest BCUT2D eigenvalue weighted by Gasteiger charge is 2.11. The number of aromatic amines is 1. The van der Waals surface area contributed by atoms with Gasteiger partial charge in [-0.1, -0.05) is 42.1 Å². The minimum absolute atomic E-state index is 0.0604. The van der Waals surface area contributed by atoms with Crippen LogP contribution in [0.1, 0.15) is 30.3 Å². The van der Waals surface area contributed by atoms with Gasteiger partial charge in [0.05, 0.1) is 11.4 Å². The number of nitrogens with zero attached hydrogens (tertiary/aromatic N) is 1. The van der Waals surface area contributed by atoms with Gasteiger partial charge in [-0.3, -0.25) is 4.79 Å². The van der Waals surface area contributed by atoms with E-state index in [2.05, 4.69) is 40.6 Å². The first-order chi connectivity index (χ1) is 12.1. The number of thioether (sulfide) groups is 2. The van der Waals surface area contributed by atoms with E-state index in [-0.39, 0.29) is 11.9 Å². The van der Waals surface area contributed by atoms with Crippen molar-refractivity contribution in [3.05, 3.63) is 47.3 Å². The molecule has 0 radical (unpaired) electrons. The summed E-state index contributed by atoms with van der Waals surface area (Å²) in [7, 11) is 0. The highest BCUT2D eigenvalue weighted by Crippen LogP contribution is 2.17. The van der Waals surface area contributed by atoms with Crippen molar-refractivity contribution in [1.82, 2.24) is 15.3 Å². The normalized spacial score (nSPS) is 12.1. The van der Waals surface area contributed by atoms with Crippen molar-refractivity contribution in [2.75, 3.05) is 17.8 Å². The van der Waals surface area contributed by atoms with Crippen LogP contribution in [0, 0.1) is 6.92 Å². The molecule has 25 heavy (non-hydrogen) atoms. The summed E-state index contributed by atoms with van der Waals surface area (Å²) in [5, 5.41) is 3.91. The van der Waals surface area contributed by atoms with Crippen molar-refractivity contribution in [3.63, 3.8) is 0 Å². The quantitative estimate of drug-likeness (QED) is 0.618. The van der Waals surface area contributed by atoms with E-state index in [1.54, 1.807) is 0 Å². The summed E-state index contributed by atoms with van der Waals surface area (Å²) in [6.45, 7) is 4.10. The molecule has 0 aliphatic rings. The molecule has 1 aromatic heterocycles. The van der Waals surface area contributed by atoms with E-state index >= 15 is 0 Å². The number of rotatable bonds is 10. The molecule has 1 aromatic carbocycles. The number of carbonyl (C=O) groups excluding carboxylic acids is 1. The van der Waals surface area contributed by atoms with Crippen LogP contribution in [0.4, 0.5) is 0 Å². The second-order valence-electron chi connectivity index (χ2n) is 6.14. The predicted molar refractivity (Wildman–Crippen MR) is 109 cm³/mol. The Morgan fingerprint density at radius 3 is 2.76 bits per heavy atom. The molecule has 0 saturated heterocycles. The molecule has 0 spiro atoms. The summed E-state index contributed by atoms with van der Waals surface area (Å²) in [6, 6.07) is 10.5. The molecule has 2 rings (SSSR count). The number of hydrogen-bond donors (Lipinski definition) is 2. The molecule has 0 saturated carbocycles. The fourth-order valence-electron chi connectivity index (χ4n) is 2.53. The van der Waals surface area contributed by atoms with Gasteiger partial charge in [0, 0.05) is 18.2 Å². The fraction of sp³-hybridized carbons (Fsp3) is 0.474. The van der Waals surface area contributed by atoms with Crippen LogP contribution in [-0.4, -0.2) is 39.7 Å². The Morgan fingerprint density at radius 2 is 2.04 bits per heavy atom. The number of amides is 1. The first-order valence-corrected chi connectivity index (χ1v) is 11.0. The van der Waals surface area contributed by atoms with Crippen LogP contribution < -0.4 is 5.32 Å². The van der Waals surface area contributed by atoms with Gasteiger partial charge in [0.15, 0.2) is 5.16 Å². The number of aryl methyl sites for hydroxylation is 3. The van der Waals surface area contributed by atoms with Gasteiger partial charge >= 0.3 is 0 Å². The van der Waals surface area contributed by atoms with Gasteiger partial charge in [-0.15, -0.1) is 0 Å². The SMILES string of the molecule is CSCCc1nc(SCC(=O)N[C@@H](C)CCc2ccccc2)[nH]c1C. The predicted octanol–water partition coefficient (Wildman–Crippen LogP) is 3.85. The maximum absolute atomic E-state index is 12.1. The van der Waals surface area contributed by atoms with Crippen molar-refractivity contribution in [2.45, 2.75) is 44.3 Å². The zero-order valence-electron chi connectivity index (χ0n) is 15.2. The summed E-state index contributed by atoms with van der Waals surface area (Å²) < 4.78 is 0. The average molecular weight is 378 g/mol. The number of carbonyl (C=O) groups is 1. The molecule has 0 unspecified atom stereocenters. The molecule has 2 aromatic rings. The molecule has 136 valence electrons. The molecule has 0 fully saturated rings. The first kappa shape index (κ1) is 19.9. The number of benzene rings is 1. The maximum Gasteiger partial charge on any atom is 0.230 e. The van der Waals surface area contributed by atoms with Gasteiger partial charge in [0.25, 0.3) is 0 Å². The van der Waals surface area contributed by atoms with Gasteiger partial charge in [0.1, 0.15) is 0 Å². The van der Waals surface area contributed by atoms with Crippen LogP contribution >= 0.6 is 23.5 Å². The zero-order chi connectivity index (χ0) is 18.1. The second-order valence-corrected chi connectivity index (χ2v) is 8.09. The Labute approximate surface area is 159 Å². The highest BCUT2D eigenvalue weighted by atomic mass is 32.2. The van der Waals surface area contributed by atoms with Crippen LogP contribution in [0.5, 0.6) is 0 Å². The largest absolute Gasteiger partial charge is 0.353 e. The van der Waals surface area contributed by atoms with Gasteiger partial charge in [-0.25, -0.2) is 4.98 Å². The number of nitrogens with one attached hydrogen (secondary N) is 2. The van der Waals surface area contributed by atoms with Crippen molar-refractivity contribution >= 4 is 29.4 Å². The van der Waals surface area contributed by atoms with Crippen molar-refractivity contribution < 1.29 is 4.79 Å². The van der Waals surface area contributed by atoms with Crippen LogP contribution in [0.25, 0.3) is 0 Å². The van der Waals surface area contributed by atoms with Crippen LogP contribution in [0.3, 0.4) is 0 Å². The summed E-state index contributed by atoms with van der Waals surface area (Å²) in [5.74, 6) is 1.52. The molecule has 1 amide bonds. The van der Waals surface area contributed by atoms with E-state index < -0.39 is 0 Å². The number of aromatic nitrogens is 2. The monoisotopic (exact) mass is 377 g/mol. The average Bonchev–Trinajstić information content (AvgIpc) is 2.97. The second kappa shape index (κ2) is 10.6. The van der Waals surface area contributed by atoms with Crippen molar-refractivity contribution in [2.24, 2.45) is 0 Å². The third-order valence-corrected chi connectivity index (χ3v) is 5.45. The van der Waals surface area contributed by atoms with E-state index in [1.807, 2.05) is 36.9 Å². The minimum atomic E-state index is 0.0604. The van der Waals surface area contributed by atoms with Gasteiger partial charge < -0.3 is 10.3 Å². The van der Waals surface area contributed by atoms with E-state index in [4.69, 9.17) is 0 Å². The van der Waals surface area contributed by atoms with Crippen LogP contribution in [0.15, 0.2) is 35.5 Å². The number of hydrogen-bond acceptors (Lipinski definition) is 4. The third-order valence-electron chi connectivity index (χ3n) is 3.96. The lowest BCUT2D eigenvalue weighted by Crippen LogP contribution is -2.34. The molecule has 1 heterocycles. The summed E-state index contributed by atoms with van der Waals surface area (Å²) >= 11 is 3.29. The van der Waals surface area contributed by atoms with Crippen LogP contribution in [-0.2, 0) is 17.6 Å². The summed E-state index contributed by atoms with van der Waals surface area (Å²) in [6.07, 6.45) is 4.98. The molecule has 0 aliphatic carbocycles. The molecule has 2 N–H and O–H groups in total.